The van der Waals surface area contributed by atoms with Gasteiger partial charge in [0.25, 0.3) is 0 Å². The summed E-state index contributed by atoms with van der Waals surface area (Å²) in [5.74, 6) is 0. The first kappa shape index (κ1) is 23.7. The van der Waals surface area contributed by atoms with Gasteiger partial charge in [-0.25, -0.2) is 0 Å². The Bertz CT molecular complexity index is 1130. The van der Waals surface area contributed by atoms with E-state index in [1.165, 1.54) is 12.1 Å². The van der Waals surface area contributed by atoms with E-state index < -0.39 is 44.4 Å². The second kappa shape index (κ2) is 8.10. The maximum absolute atomic E-state index is 13.1. The van der Waals surface area contributed by atoms with Gasteiger partial charge in [0.1, 0.15) is 0 Å². The van der Waals surface area contributed by atoms with Crippen molar-refractivity contribution in [1.29, 1.82) is 0 Å². The van der Waals surface area contributed by atoms with Crippen LogP contribution in [0.5, 0.6) is 0 Å². The molecule has 178 valence electrons. The predicted octanol–water partition coefficient (Wildman–Crippen LogP) is 5.29. The standard InChI is InChI=1S/C21H18F6N2O3S/c22-20(23,24)15-5-1-4-14(10-15)18-12-19(32-28-18)8-3-9-29(13-19)33(30,31)17-7-2-6-16(11-17)21(25,26)27/h1-2,4-7,10-11H,3,8-9,12-13H2. The third kappa shape index (κ3) is 4.78. The molecule has 2 aliphatic heterocycles. The molecular weight excluding hydrogens is 474 g/mol. The van der Waals surface area contributed by atoms with Gasteiger partial charge in [-0.2, -0.15) is 26.3 Å². The molecule has 1 spiro atoms. The Morgan fingerprint density at radius 1 is 1.00 bits per heavy atom. The molecular formula is C21H18F6N2O3S. The van der Waals surface area contributed by atoms with Crippen molar-refractivity contribution >= 4 is 16.1 Å². The molecule has 2 heterocycles. The summed E-state index contributed by atoms with van der Waals surface area (Å²) in [5.41, 5.74) is -2.57. The van der Waals surface area contributed by atoms with Crippen LogP contribution in [0.25, 0.3) is 0 Å². The summed E-state index contributed by atoms with van der Waals surface area (Å²) in [6.45, 7) is -0.111. The van der Waals surface area contributed by atoms with Crippen LogP contribution in [0, 0.1) is 0 Å². The summed E-state index contributed by atoms with van der Waals surface area (Å²) in [4.78, 5) is 5.04. The first-order valence-electron chi connectivity index (χ1n) is 9.90. The molecule has 2 atom stereocenters. The Balaban J connectivity index is 1.55. The summed E-state index contributed by atoms with van der Waals surface area (Å²) < 4.78 is 105. The number of alkyl halides is 6. The summed E-state index contributed by atoms with van der Waals surface area (Å²) >= 11 is 0. The maximum Gasteiger partial charge on any atom is 0.416 e. The monoisotopic (exact) mass is 492 g/mol. The first-order valence-corrected chi connectivity index (χ1v) is 11.3. The number of hydrogen-bond donors (Lipinski definition) is 0. The van der Waals surface area contributed by atoms with Crippen molar-refractivity contribution in [2.75, 3.05) is 13.1 Å². The zero-order valence-corrected chi connectivity index (χ0v) is 17.8. The average molecular weight is 492 g/mol. The fourth-order valence-corrected chi connectivity index (χ4v) is 5.61. The Kier molecular flexibility index (Phi) is 5.82. The summed E-state index contributed by atoms with van der Waals surface area (Å²) in [6.07, 6.45) is -8.41. The Hall–Kier alpha value is -2.44. The van der Waals surface area contributed by atoms with Gasteiger partial charge in [-0.1, -0.05) is 27.6 Å². The Morgan fingerprint density at radius 2 is 1.64 bits per heavy atom. The summed E-state index contributed by atoms with van der Waals surface area (Å²) in [6, 6.07) is 8.05. The van der Waals surface area contributed by atoms with E-state index in [-0.39, 0.29) is 30.8 Å². The van der Waals surface area contributed by atoms with Crippen molar-refractivity contribution < 1.29 is 39.9 Å². The third-order valence-corrected chi connectivity index (χ3v) is 7.51. The van der Waals surface area contributed by atoms with Gasteiger partial charge in [-0.05, 0) is 37.1 Å². The number of rotatable bonds is 3. The fraction of sp³-hybridized carbons (Fsp3) is 0.381. The van der Waals surface area contributed by atoms with E-state index in [2.05, 4.69) is 5.16 Å². The molecule has 0 bridgehead atoms. The normalized spacial score (nSPS) is 23.8. The molecule has 5 nitrogen and oxygen atoms in total. The highest BCUT2D eigenvalue weighted by molar-refractivity contribution is 7.95. The number of oxime groups is 1. The van der Waals surface area contributed by atoms with Crippen LogP contribution in [-0.4, -0.2) is 33.3 Å². The van der Waals surface area contributed by atoms with Crippen LogP contribution in [0.1, 0.15) is 36.0 Å². The lowest BCUT2D eigenvalue weighted by Crippen LogP contribution is -2.52. The summed E-state index contributed by atoms with van der Waals surface area (Å²) in [7, 11) is -4.26. The lowest BCUT2D eigenvalue weighted by Gasteiger charge is -2.38. The van der Waals surface area contributed by atoms with E-state index in [9.17, 15) is 35.1 Å². The van der Waals surface area contributed by atoms with Crippen molar-refractivity contribution in [1.82, 2.24) is 4.31 Å². The molecule has 0 aliphatic carbocycles. The van der Waals surface area contributed by atoms with Gasteiger partial charge in [0.05, 0.1) is 23.4 Å². The van der Waals surface area contributed by atoms with Crippen molar-refractivity contribution in [3.05, 3.63) is 65.2 Å². The number of benzene rings is 2. The number of nitrogens with zero attached hydrogens (tertiary/aromatic N) is 2. The van der Waals surface area contributed by atoms with Gasteiger partial charge >= 0.3 is 12.4 Å². The molecule has 0 amide bonds. The second-order valence-electron chi connectivity index (χ2n) is 8.04. The van der Waals surface area contributed by atoms with Crippen LogP contribution in [0.3, 0.4) is 0 Å². The lowest BCUT2D eigenvalue weighted by atomic mass is 9.87. The van der Waals surface area contributed by atoms with Crippen molar-refractivity contribution in [2.24, 2.45) is 5.16 Å². The Labute approximate surface area is 186 Å². The molecule has 1 fully saturated rings. The van der Waals surface area contributed by atoms with Gasteiger partial charge in [0.15, 0.2) is 20.9 Å². The molecule has 33 heavy (non-hydrogen) atoms. The van der Waals surface area contributed by atoms with E-state index in [4.69, 9.17) is 4.84 Å². The SMILES string of the molecule is O=[S+]([O-])(c1cccc(C(F)(F)F)c1)N1CCCC2(CC(c3cccc(C(F)(F)F)c3)=NO2)C1. The van der Waals surface area contributed by atoms with E-state index in [1.807, 2.05) is 0 Å². The molecule has 2 aromatic carbocycles. The average Bonchev–Trinajstić information content (AvgIpc) is 3.16. The highest BCUT2D eigenvalue weighted by atomic mass is 32.3. The fourth-order valence-electron chi connectivity index (χ4n) is 4.01. The minimum atomic E-state index is -4.70. The number of hydrogen-bond acceptors (Lipinski definition) is 4. The van der Waals surface area contributed by atoms with Crippen LogP contribution in [0.15, 0.2) is 58.6 Å². The molecule has 4 rings (SSSR count). The molecule has 2 unspecified atom stereocenters. The Morgan fingerprint density at radius 3 is 2.30 bits per heavy atom. The zero-order valence-electron chi connectivity index (χ0n) is 16.9. The molecule has 0 saturated carbocycles. The number of halogens is 6. The molecule has 0 radical (unpaired) electrons. The molecule has 2 aliphatic rings. The highest BCUT2D eigenvalue weighted by Crippen LogP contribution is 2.39. The van der Waals surface area contributed by atoms with E-state index in [0.717, 1.165) is 34.6 Å². The van der Waals surface area contributed by atoms with E-state index in [1.54, 1.807) is 0 Å². The minimum Gasteiger partial charge on any atom is -0.593 e. The summed E-state index contributed by atoms with van der Waals surface area (Å²) in [5, 5.41) is 3.92. The van der Waals surface area contributed by atoms with Gasteiger partial charge in [-0.15, -0.1) is 4.31 Å². The van der Waals surface area contributed by atoms with Crippen molar-refractivity contribution in [3.63, 3.8) is 0 Å². The molecule has 12 heteroatoms. The van der Waals surface area contributed by atoms with Crippen molar-refractivity contribution in [3.8, 4) is 0 Å². The second-order valence-corrected chi connectivity index (χ2v) is 9.97. The van der Waals surface area contributed by atoms with Crippen LogP contribution in [0.2, 0.25) is 0 Å². The quantitative estimate of drug-likeness (QED) is 0.432. The zero-order chi connectivity index (χ0) is 24.1. The first-order chi connectivity index (χ1) is 15.3. The maximum atomic E-state index is 13.1. The molecule has 0 aromatic heterocycles. The van der Waals surface area contributed by atoms with Crippen LogP contribution in [-0.2, 0) is 31.8 Å². The van der Waals surface area contributed by atoms with E-state index in [0.29, 0.717) is 18.9 Å². The highest BCUT2D eigenvalue weighted by Gasteiger charge is 2.48. The number of sulfonamides is 1. The van der Waals surface area contributed by atoms with Crippen LogP contribution >= 0.6 is 0 Å². The van der Waals surface area contributed by atoms with Crippen molar-refractivity contribution in [2.45, 2.75) is 42.1 Å². The molecule has 1 saturated heterocycles. The van der Waals surface area contributed by atoms with Gasteiger partial charge in [0.2, 0.25) is 0 Å². The number of piperidine rings is 1. The van der Waals surface area contributed by atoms with Gasteiger partial charge < -0.3 is 9.39 Å². The van der Waals surface area contributed by atoms with Gasteiger partial charge in [0, 0.05) is 24.6 Å². The van der Waals surface area contributed by atoms with E-state index >= 15 is 0 Å². The lowest BCUT2D eigenvalue weighted by molar-refractivity contribution is -0.138. The smallest absolute Gasteiger partial charge is 0.416 e. The minimum absolute atomic E-state index is 0.0720. The molecule has 0 N–H and O–H groups in total. The largest absolute Gasteiger partial charge is 0.593 e. The van der Waals surface area contributed by atoms with Gasteiger partial charge in [-0.3, -0.25) is 0 Å². The van der Waals surface area contributed by atoms with Crippen LogP contribution < -0.4 is 0 Å². The predicted molar refractivity (Wildman–Crippen MR) is 106 cm³/mol. The molecule has 2 aromatic rings. The third-order valence-electron chi connectivity index (χ3n) is 5.67. The van der Waals surface area contributed by atoms with Crippen LogP contribution in [0.4, 0.5) is 26.3 Å². The topological polar surface area (TPSA) is 65.0 Å².